The van der Waals surface area contributed by atoms with Crippen molar-refractivity contribution in [2.45, 2.75) is 70.5 Å². The van der Waals surface area contributed by atoms with Crippen molar-refractivity contribution in [2.75, 3.05) is 0 Å². The molecule has 2 aliphatic carbocycles. The molecule has 0 amide bonds. The van der Waals surface area contributed by atoms with E-state index in [1.165, 1.54) is 25.7 Å². The average Bonchev–Trinajstić information content (AvgIpc) is 3.23. The Hall–Kier alpha value is -1.02. The molecule has 0 aliphatic heterocycles. The van der Waals surface area contributed by atoms with Crippen molar-refractivity contribution in [1.29, 1.82) is 0 Å². The zero-order valence-electron chi connectivity index (χ0n) is 13.3. The second-order valence-corrected chi connectivity index (χ2v) is 7.47. The summed E-state index contributed by atoms with van der Waals surface area (Å²) in [5, 5.41) is 11.1. The van der Waals surface area contributed by atoms with Crippen molar-refractivity contribution in [2.24, 2.45) is 11.8 Å². The van der Waals surface area contributed by atoms with E-state index >= 15 is 0 Å². The first-order valence-electron chi connectivity index (χ1n) is 8.55. The molecule has 3 rings (SSSR count). The maximum atomic E-state index is 11.1. The van der Waals surface area contributed by atoms with Gasteiger partial charge in [-0.15, -0.1) is 0 Å². The highest BCUT2D eigenvalue weighted by Crippen LogP contribution is 2.42. The van der Waals surface area contributed by atoms with Crippen molar-refractivity contribution < 1.29 is 9.84 Å². The molecule has 2 atom stereocenters. The van der Waals surface area contributed by atoms with Gasteiger partial charge in [0, 0.05) is 0 Å². The van der Waals surface area contributed by atoms with E-state index in [2.05, 4.69) is 26.0 Å². The summed E-state index contributed by atoms with van der Waals surface area (Å²) in [7, 11) is 0. The molecule has 1 N–H and O–H groups in total. The lowest BCUT2D eigenvalue weighted by atomic mass is 9.72. The Balaban J connectivity index is 1.68. The molecule has 0 spiro atoms. The fourth-order valence-corrected chi connectivity index (χ4v) is 3.72. The van der Waals surface area contributed by atoms with E-state index in [1.807, 2.05) is 12.1 Å². The van der Waals surface area contributed by atoms with Crippen molar-refractivity contribution in [3.05, 3.63) is 29.8 Å². The van der Waals surface area contributed by atoms with Crippen LogP contribution in [-0.4, -0.2) is 11.2 Å². The van der Waals surface area contributed by atoms with Crippen LogP contribution in [0.1, 0.15) is 64.4 Å². The van der Waals surface area contributed by atoms with E-state index in [1.54, 1.807) is 0 Å². The van der Waals surface area contributed by atoms with Crippen molar-refractivity contribution in [1.82, 2.24) is 0 Å². The van der Waals surface area contributed by atoms with Gasteiger partial charge < -0.3 is 9.84 Å². The van der Waals surface area contributed by atoms with Gasteiger partial charge in [-0.25, -0.2) is 0 Å². The number of hydrogen-bond donors (Lipinski definition) is 1. The largest absolute Gasteiger partial charge is 0.490 e. The summed E-state index contributed by atoms with van der Waals surface area (Å²) in [5.74, 6) is 2.32. The predicted molar refractivity (Wildman–Crippen MR) is 85.4 cm³/mol. The van der Waals surface area contributed by atoms with E-state index in [-0.39, 0.29) is 0 Å². The van der Waals surface area contributed by atoms with Crippen LogP contribution in [0.2, 0.25) is 0 Å². The normalized spacial score (nSPS) is 29.6. The second kappa shape index (κ2) is 6.00. The van der Waals surface area contributed by atoms with Gasteiger partial charge in [-0.2, -0.15) is 0 Å². The Morgan fingerprint density at radius 2 is 1.90 bits per heavy atom. The van der Waals surface area contributed by atoms with Gasteiger partial charge in [-0.1, -0.05) is 32.4 Å². The minimum atomic E-state index is -0.629. The summed E-state index contributed by atoms with van der Waals surface area (Å²) >= 11 is 0. The fourth-order valence-electron chi connectivity index (χ4n) is 3.72. The standard InChI is InChI=1S/C19H28O2/c1-14(2)12-15-4-3-11-19(20,13-15)16-5-7-17(8-6-16)21-18-9-10-18/h5-8,14-15,18,20H,3-4,9-13H2,1-2H3. The lowest BCUT2D eigenvalue weighted by Crippen LogP contribution is -2.33. The molecule has 1 aromatic carbocycles. The summed E-state index contributed by atoms with van der Waals surface area (Å²) in [5.41, 5.74) is 0.440. The number of hydrogen-bond acceptors (Lipinski definition) is 2. The van der Waals surface area contributed by atoms with E-state index in [0.717, 1.165) is 30.6 Å². The molecule has 0 saturated heterocycles. The molecule has 21 heavy (non-hydrogen) atoms. The smallest absolute Gasteiger partial charge is 0.119 e. The highest BCUT2D eigenvalue weighted by molar-refractivity contribution is 5.31. The monoisotopic (exact) mass is 288 g/mol. The van der Waals surface area contributed by atoms with Crippen molar-refractivity contribution in [3.8, 4) is 5.75 Å². The molecule has 0 radical (unpaired) electrons. The van der Waals surface area contributed by atoms with Gasteiger partial charge in [-0.05, 0) is 68.1 Å². The molecule has 0 aromatic heterocycles. The zero-order chi connectivity index (χ0) is 14.9. The molecule has 1 aromatic rings. The Labute approximate surface area is 128 Å². The summed E-state index contributed by atoms with van der Waals surface area (Å²) in [6.07, 6.45) is 8.23. The van der Waals surface area contributed by atoms with E-state index in [0.29, 0.717) is 17.9 Å². The van der Waals surface area contributed by atoms with Gasteiger partial charge >= 0.3 is 0 Å². The molecule has 0 heterocycles. The number of aliphatic hydroxyl groups is 1. The average molecular weight is 288 g/mol. The lowest BCUT2D eigenvalue weighted by Gasteiger charge is -2.38. The zero-order valence-corrected chi connectivity index (χ0v) is 13.3. The highest BCUT2D eigenvalue weighted by atomic mass is 16.5. The first-order chi connectivity index (χ1) is 10.0. The molecular formula is C19H28O2. The molecule has 2 heteroatoms. The number of ether oxygens (including phenoxy) is 1. The van der Waals surface area contributed by atoms with Crippen LogP contribution in [0, 0.1) is 11.8 Å². The third-order valence-corrected chi connectivity index (χ3v) is 4.85. The van der Waals surface area contributed by atoms with Crippen LogP contribution in [0.4, 0.5) is 0 Å². The van der Waals surface area contributed by atoms with Gasteiger partial charge in [0.25, 0.3) is 0 Å². The van der Waals surface area contributed by atoms with Gasteiger partial charge in [0.15, 0.2) is 0 Å². The first-order valence-corrected chi connectivity index (χ1v) is 8.55. The minimum absolute atomic E-state index is 0.434. The molecule has 116 valence electrons. The molecule has 2 saturated carbocycles. The highest BCUT2D eigenvalue weighted by Gasteiger charge is 2.36. The van der Waals surface area contributed by atoms with E-state index in [4.69, 9.17) is 4.74 Å². The summed E-state index contributed by atoms with van der Waals surface area (Å²) < 4.78 is 5.79. The van der Waals surface area contributed by atoms with Crippen molar-refractivity contribution >= 4 is 0 Å². The Kier molecular flexibility index (Phi) is 4.26. The van der Waals surface area contributed by atoms with Crippen LogP contribution in [-0.2, 0) is 5.60 Å². The molecule has 2 fully saturated rings. The van der Waals surface area contributed by atoms with Crippen LogP contribution in [0.15, 0.2) is 24.3 Å². The third kappa shape index (κ3) is 3.79. The van der Waals surface area contributed by atoms with Gasteiger partial charge in [0.05, 0.1) is 11.7 Å². The molecule has 2 aliphatic rings. The number of benzene rings is 1. The van der Waals surface area contributed by atoms with Crippen LogP contribution in [0.25, 0.3) is 0 Å². The van der Waals surface area contributed by atoms with Gasteiger partial charge in [-0.3, -0.25) is 0 Å². The van der Waals surface area contributed by atoms with E-state index in [9.17, 15) is 5.11 Å². The summed E-state index contributed by atoms with van der Waals surface area (Å²) in [4.78, 5) is 0. The van der Waals surface area contributed by atoms with Crippen LogP contribution in [0.3, 0.4) is 0 Å². The minimum Gasteiger partial charge on any atom is -0.490 e. The fraction of sp³-hybridized carbons (Fsp3) is 0.684. The predicted octanol–water partition coefficient (Wildman–Crippen LogP) is 4.65. The Morgan fingerprint density at radius 3 is 2.52 bits per heavy atom. The van der Waals surface area contributed by atoms with Crippen molar-refractivity contribution in [3.63, 3.8) is 0 Å². The maximum absolute atomic E-state index is 11.1. The first kappa shape index (κ1) is 14.9. The molecular weight excluding hydrogens is 260 g/mol. The maximum Gasteiger partial charge on any atom is 0.119 e. The summed E-state index contributed by atoms with van der Waals surface area (Å²) in [6, 6.07) is 8.18. The van der Waals surface area contributed by atoms with Crippen LogP contribution >= 0.6 is 0 Å². The van der Waals surface area contributed by atoms with E-state index < -0.39 is 5.60 Å². The van der Waals surface area contributed by atoms with Crippen LogP contribution in [0.5, 0.6) is 5.75 Å². The number of rotatable bonds is 5. The van der Waals surface area contributed by atoms with Gasteiger partial charge in [0.1, 0.15) is 5.75 Å². The molecule has 0 bridgehead atoms. The lowest BCUT2D eigenvalue weighted by molar-refractivity contribution is -0.0244. The Bertz CT molecular complexity index is 461. The summed E-state index contributed by atoms with van der Waals surface area (Å²) in [6.45, 7) is 4.55. The quantitative estimate of drug-likeness (QED) is 0.854. The third-order valence-electron chi connectivity index (χ3n) is 4.85. The van der Waals surface area contributed by atoms with Gasteiger partial charge in [0.2, 0.25) is 0 Å². The second-order valence-electron chi connectivity index (χ2n) is 7.47. The topological polar surface area (TPSA) is 29.5 Å². The molecule has 2 unspecified atom stereocenters. The van der Waals surface area contributed by atoms with Crippen LogP contribution < -0.4 is 4.74 Å². The Morgan fingerprint density at radius 1 is 1.19 bits per heavy atom. The SMILES string of the molecule is CC(C)CC1CCCC(O)(c2ccc(OC3CC3)cc2)C1. The molecule has 2 nitrogen and oxygen atoms in total.